The number of hydrogen-bond donors (Lipinski definition) is 2. The SMILES string of the molecule is O=C(O)/C=C/NC(c1ccccc1)c1ccccc1. The van der Waals surface area contributed by atoms with Crippen molar-refractivity contribution in [3.8, 4) is 0 Å². The van der Waals surface area contributed by atoms with Crippen molar-refractivity contribution in [2.24, 2.45) is 0 Å². The molecule has 2 aromatic rings. The first-order valence-electron chi connectivity index (χ1n) is 6.03. The van der Waals surface area contributed by atoms with Crippen LogP contribution in [0.25, 0.3) is 0 Å². The van der Waals surface area contributed by atoms with E-state index in [1.165, 1.54) is 6.20 Å². The molecule has 2 rings (SSSR count). The Morgan fingerprint density at radius 1 is 0.947 bits per heavy atom. The predicted molar refractivity (Wildman–Crippen MR) is 74.6 cm³/mol. The zero-order valence-electron chi connectivity index (χ0n) is 10.4. The minimum Gasteiger partial charge on any atom is -0.478 e. The maximum Gasteiger partial charge on any atom is 0.329 e. The van der Waals surface area contributed by atoms with Crippen molar-refractivity contribution in [2.75, 3.05) is 0 Å². The van der Waals surface area contributed by atoms with E-state index >= 15 is 0 Å². The van der Waals surface area contributed by atoms with Crippen molar-refractivity contribution in [3.63, 3.8) is 0 Å². The van der Waals surface area contributed by atoms with E-state index < -0.39 is 5.97 Å². The van der Waals surface area contributed by atoms with Gasteiger partial charge in [0.1, 0.15) is 0 Å². The Morgan fingerprint density at radius 2 is 1.42 bits per heavy atom. The highest BCUT2D eigenvalue weighted by Crippen LogP contribution is 2.21. The van der Waals surface area contributed by atoms with Gasteiger partial charge in [-0.1, -0.05) is 60.7 Å². The molecule has 0 aliphatic heterocycles. The van der Waals surface area contributed by atoms with E-state index in [1.54, 1.807) is 0 Å². The van der Waals surface area contributed by atoms with E-state index in [9.17, 15) is 4.79 Å². The predicted octanol–water partition coefficient (Wildman–Crippen LogP) is 2.96. The standard InChI is InChI=1S/C16H15NO2/c18-15(19)11-12-17-16(13-7-3-1-4-8-13)14-9-5-2-6-10-14/h1-12,16-17H,(H,18,19)/b12-11+. The molecule has 2 aromatic carbocycles. The van der Waals surface area contributed by atoms with Crippen molar-refractivity contribution >= 4 is 5.97 Å². The van der Waals surface area contributed by atoms with Crippen LogP contribution in [0.15, 0.2) is 72.9 Å². The Hall–Kier alpha value is -2.55. The molecule has 0 radical (unpaired) electrons. The van der Waals surface area contributed by atoms with Crippen LogP contribution in [0.4, 0.5) is 0 Å². The Balaban J connectivity index is 2.26. The lowest BCUT2D eigenvalue weighted by atomic mass is 9.99. The molecule has 0 amide bonds. The minimum absolute atomic E-state index is 0.0574. The number of carboxylic acids is 1. The molecular weight excluding hydrogens is 238 g/mol. The summed E-state index contributed by atoms with van der Waals surface area (Å²) in [6.07, 6.45) is 2.56. The van der Waals surface area contributed by atoms with Crippen LogP contribution in [0.2, 0.25) is 0 Å². The zero-order chi connectivity index (χ0) is 13.5. The number of nitrogens with one attached hydrogen (secondary N) is 1. The first-order valence-corrected chi connectivity index (χ1v) is 6.03. The Bertz CT molecular complexity index is 510. The van der Waals surface area contributed by atoms with Crippen LogP contribution in [0.3, 0.4) is 0 Å². The monoisotopic (exact) mass is 253 g/mol. The van der Waals surface area contributed by atoms with Gasteiger partial charge in [0.15, 0.2) is 0 Å². The van der Waals surface area contributed by atoms with Gasteiger partial charge in [-0.2, -0.15) is 0 Å². The van der Waals surface area contributed by atoms with Gasteiger partial charge >= 0.3 is 5.97 Å². The molecule has 19 heavy (non-hydrogen) atoms. The smallest absolute Gasteiger partial charge is 0.329 e. The molecule has 96 valence electrons. The lowest BCUT2D eigenvalue weighted by Gasteiger charge is -2.18. The number of rotatable bonds is 5. The summed E-state index contributed by atoms with van der Waals surface area (Å²) in [5, 5.41) is 11.8. The lowest BCUT2D eigenvalue weighted by molar-refractivity contribution is -0.131. The molecule has 0 saturated heterocycles. The summed E-state index contributed by atoms with van der Waals surface area (Å²) in [4.78, 5) is 10.5. The Kier molecular flexibility index (Phi) is 4.34. The van der Waals surface area contributed by atoms with Crippen molar-refractivity contribution in [1.82, 2.24) is 5.32 Å². The van der Waals surface area contributed by atoms with Crippen molar-refractivity contribution in [1.29, 1.82) is 0 Å². The topological polar surface area (TPSA) is 49.3 Å². The number of carbonyl (C=O) groups is 1. The van der Waals surface area contributed by atoms with Gasteiger partial charge in [0.2, 0.25) is 0 Å². The molecule has 0 spiro atoms. The molecule has 0 bridgehead atoms. The quantitative estimate of drug-likeness (QED) is 0.805. The Morgan fingerprint density at radius 3 is 1.84 bits per heavy atom. The second-order valence-electron chi connectivity index (χ2n) is 4.09. The maximum absolute atomic E-state index is 10.5. The summed E-state index contributed by atoms with van der Waals surface area (Å²) in [6, 6.07) is 19.8. The number of carboxylic acid groups (broad SMARTS) is 1. The van der Waals surface area contributed by atoms with Crippen LogP contribution in [-0.2, 0) is 4.79 Å². The van der Waals surface area contributed by atoms with Crippen LogP contribution >= 0.6 is 0 Å². The van der Waals surface area contributed by atoms with E-state index in [1.807, 2.05) is 60.7 Å². The molecule has 0 unspecified atom stereocenters. The molecule has 0 aliphatic carbocycles. The van der Waals surface area contributed by atoms with Gasteiger partial charge in [0, 0.05) is 12.3 Å². The van der Waals surface area contributed by atoms with E-state index in [-0.39, 0.29) is 6.04 Å². The summed E-state index contributed by atoms with van der Waals surface area (Å²) in [5.41, 5.74) is 2.17. The van der Waals surface area contributed by atoms with Crippen LogP contribution < -0.4 is 5.32 Å². The average molecular weight is 253 g/mol. The van der Waals surface area contributed by atoms with Gasteiger partial charge in [-0.25, -0.2) is 4.79 Å². The fraction of sp³-hybridized carbons (Fsp3) is 0.0625. The molecule has 3 heteroatoms. The van der Waals surface area contributed by atoms with Gasteiger partial charge in [-0.15, -0.1) is 0 Å². The van der Waals surface area contributed by atoms with Crippen molar-refractivity contribution in [2.45, 2.75) is 6.04 Å². The first-order chi connectivity index (χ1) is 9.27. The molecule has 0 atom stereocenters. The summed E-state index contributed by atoms with van der Waals surface area (Å²) in [6.45, 7) is 0. The third-order valence-corrected chi connectivity index (χ3v) is 2.75. The maximum atomic E-state index is 10.5. The van der Waals surface area contributed by atoms with E-state index in [2.05, 4.69) is 5.32 Å². The molecule has 0 heterocycles. The van der Waals surface area contributed by atoms with Gasteiger partial charge < -0.3 is 10.4 Å². The largest absolute Gasteiger partial charge is 0.478 e. The number of aliphatic carboxylic acids is 1. The summed E-state index contributed by atoms with van der Waals surface area (Å²) < 4.78 is 0. The summed E-state index contributed by atoms with van der Waals surface area (Å²) in [5.74, 6) is -0.965. The summed E-state index contributed by atoms with van der Waals surface area (Å²) in [7, 11) is 0. The van der Waals surface area contributed by atoms with Crippen molar-refractivity contribution in [3.05, 3.63) is 84.1 Å². The fourth-order valence-electron chi connectivity index (χ4n) is 1.89. The molecule has 0 aromatic heterocycles. The highest BCUT2D eigenvalue weighted by atomic mass is 16.4. The molecule has 0 saturated carbocycles. The second kappa shape index (κ2) is 6.40. The van der Waals surface area contributed by atoms with Gasteiger partial charge in [0.05, 0.1) is 6.04 Å². The van der Waals surface area contributed by atoms with Gasteiger partial charge in [-0.3, -0.25) is 0 Å². The first kappa shape index (κ1) is 12.9. The van der Waals surface area contributed by atoms with Crippen LogP contribution in [0.5, 0.6) is 0 Å². The lowest BCUT2D eigenvalue weighted by Crippen LogP contribution is -2.17. The van der Waals surface area contributed by atoms with Crippen LogP contribution in [-0.4, -0.2) is 11.1 Å². The second-order valence-corrected chi connectivity index (χ2v) is 4.09. The summed E-state index contributed by atoms with van der Waals surface area (Å²) >= 11 is 0. The van der Waals surface area contributed by atoms with Crippen LogP contribution in [0, 0.1) is 0 Å². The number of benzene rings is 2. The third kappa shape index (κ3) is 3.71. The minimum atomic E-state index is -0.965. The zero-order valence-corrected chi connectivity index (χ0v) is 10.4. The highest BCUT2D eigenvalue weighted by Gasteiger charge is 2.11. The molecule has 0 fully saturated rings. The van der Waals surface area contributed by atoms with Crippen molar-refractivity contribution < 1.29 is 9.90 Å². The molecular formula is C16H15NO2. The van der Waals surface area contributed by atoms with Gasteiger partial charge in [-0.05, 0) is 11.1 Å². The average Bonchev–Trinajstić information content (AvgIpc) is 2.45. The molecule has 0 aliphatic rings. The normalized spacial score (nSPS) is 10.8. The number of hydrogen-bond acceptors (Lipinski definition) is 2. The van der Waals surface area contributed by atoms with E-state index in [4.69, 9.17) is 5.11 Å². The fourth-order valence-corrected chi connectivity index (χ4v) is 1.89. The third-order valence-electron chi connectivity index (χ3n) is 2.75. The van der Waals surface area contributed by atoms with Gasteiger partial charge in [0.25, 0.3) is 0 Å². The van der Waals surface area contributed by atoms with E-state index in [0.717, 1.165) is 17.2 Å². The van der Waals surface area contributed by atoms with Crippen LogP contribution in [0.1, 0.15) is 17.2 Å². The molecule has 2 N–H and O–H groups in total. The van der Waals surface area contributed by atoms with E-state index in [0.29, 0.717) is 0 Å². The molecule has 3 nitrogen and oxygen atoms in total. The Labute approximate surface area is 112 Å². The highest BCUT2D eigenvalue weighted by molar-refractivity contribution is 5.79.